The van der Waals surface area contributed by atoms with Crippen molar-refractivity contribution in [2.75, 3.05) is 29.5 Å². The molecule has 8 nitrogen and oxygen atoms in total. The van der Waals surface area contributed by atoms with Crippen LogP contribution in [0.15, 0.2) is 55.1 Å². The first-order valence-electron chi connectivity index (χ1n) is 9.58. The van der Waals surface area contributed by atoms with Crippen molar-refractivity contribution < 1.29 is 14.3 Å². The van der Waals surface area contributed by atoms with E-state index in [4.69, 9.17) is 9.47 Å². The monoisotopic (exact) mass is 393 g/mol. The molecule has 0 spiro atoms. The molecule has 1 amide bonds. The first-order valence-corrected chi connectivity index (χ1v) is 9.58. The summed E-state index contributed by atoms with van der Waals surface area (Å²) in [5.74, 6) is 0.799. The van der Waals surface area contributed by atoms with Gasteiger partial charge < -0.3 is 19.4 Å². The number of nitrogens with zero attached hydrogens (tertiary/aromatic N) is 4. The van der Waals surface area contributed by atoms with E-state index >= 15 is 0 Å². The summed E-state index contributed by atoms with van der Waals surface area (Å²) < 4.78 is 11.3. The Hall–Kier alpha value is -3.55. The lowest BCUT2D eigenvalue weighted by Gasteiger charge is -2.32. The van der Waals surface area contributed by atoms with E-state index in [9.17, 15) is 4.79 Å². The highest BCUT2D eigenvalue weighted by Gasteiger charge is 2.23. The largest absolute Gasteiger partial charge is 0.490 e. The van der Waals surface area contributed by atoms with Crippen molar-refractivity contribution in [1.29, 1.82) is 0 Å². The Morgan fingerprint density at radius 2 is 2.21 bits per heavy atom. The Balaban J connectivity index is 1.51. The minimum Gasteiger partial charge on any atom is -0.490 e. The Morgan fingerprint density at radius 1 is 1.28 bits per heavy atom. The fourth-order valence-corrected chi connectivity index (χ4v) is 3.28. The molecule has 3 heterocycles. The summed E-state index contributed by atoms with van der Waals surface area (Å²) in [5, 5.41) is 0. The van der Waals surface area contributed by atoms with E-state index in [1.54, 1.807) is 17.4 Å². The van der Waals surface area contributed by atoms with Crippen molar-refractivity contribution >= 4 is 17.5 Å². The second kappa shape index (κ2) is 8.64. The van der Waals surface area contributed by atoms with Crippen LogP contribution in [0.5, 0.6) is 5.75 Å². The van der Waals surface area contributed by atoms with E-state index in [0.29, 0.717) is 25.4 Å². The molecule has 1 aliphatic heterocycles. The quantitative estimate of drug-likeness (QED) is 0.691. The van der Waals surface area contributed by atoms with E-state index in [2.05, 4.69) is 19.9 Å². The van der Waals surface area contributed by atoms with Crippen molar-refractivity contribution in [1.82, 2.24) is 15.0 Å². The molecule has 0 unspecified atom stereocenters. The number of hydrogen-bond acceptors (Lipinski definition) is 6. The second-order valence-electron chi connectivity index (χ2n) is 6.60. The molecule has 1 N–H and O–H groups in total. The van der Waals surface area contributed by atoms with Gasteiger partial charge in [-0.25, -0.2) is 9.78 Å². The van der Waals surface area contributed by atoms with E-state index in [1.807, 2.05) is 49.5 Å². The topological polar surface area (TPSA) is 83.6 Å². The molecule has 150 valence electrons. The van der Waals surface area contributed by atoms with E-state index in [-0.39, 0.29) is 6.61 Å². The van der Waals surface area contributed by atoms with Gasteiger partial charge >= 0.3 is 6.09 Å². The number of benzene rings is 1. The number of pyridine rings is 1. The number of aromatic nitrogens is 3. The van der Waals surface area contributed by atoms with Crippen molar-refractivity contribution in [2.24, 2.45) is 0 Å². The Labute approximate surface area is 169 Å². The maximum atomic E-state index is 12.7. The molecule has 0 radical (unpaired) electrons. The predicted molar refractivity (Wildman–Crippen MR) is 109 cm³/mol. The average molecular weight is 393 g/mol. The molecule has 8 heteroatoms. The highest BCUT2D eigenvalue weighted by molar-refractivity contribution is 5.89. The molecule has 0 atom stereocenters. The lowest BCUT2D eigenvalue weighted by atomic mass is 10.2. The molecular weight excluding hydrogens is 370 g/mol. The molecule has 0 fully saturated rings. The average Bonchev–Trinajstić information content (AvgIpc) is 3.27. The van der Waals surface area contributed by atoms with Gasteiger partial charge in [0, 0.05) is 24.6 Å². The first kappa shape index (κ1) is 18.8. The number of carbonyl (C=O) groups excluding carboxylic acids is 1. The Morgan fingerprint density at radius 3 is 2.97 bits per heavy atom. The molecule has 1 aliphatic rings. The van der Waals surface area contributed by atoms with Crippen LogP contribution in [0.4, 0.5) is 16.2 Å². The normalized spacial score (nSPS) is 12.8. The Bertz CT molecular complexity index is 946. The molecule has 0 bridgehead atoms. The van der Waals surface area contributed by atoms with Crippen LogP contribution in [0, 0.1) is 0 Å². The minimum atomic E-state index is -0.409. The molecule has 0 saturated carbocycles. The zero-order valence-corrected chi connectivity index (χ0v) is 16.2. The molecule has 4 rings (SSSR count). The number of hydrogen-bond donors (Lipinski definition) is 1. The van der Waals surface area contributed by atoms with E-state index in [0.717, 1.165) is 29.4 Å². The summed E-state index contributed by atoms with van der Waals surface area (Å²) in [7, 11) is 0. The van der Waals surface area contributed by atoms with Crippen LogP contribution in [0.25, 0.3) is 0 Å². The zero-order chi connectivity index (χ0) is 20.1. The fourth-order valence-electron chi connectivity index (χ4n) is 3.28. The standard InChI is InChI=1S/C21H23N5O3/c1-2-26(21(27)29-14-16-5-3-4-8-23-16)18-6-7-20-19(11-18)25(9-10-28-20)13-17-12-22-15-24-17/h3-8,11-12,15H,2,9-10,13-14H2,1H3,(H,22,24). The summed E-state index contributed by atoms with van der Waals surface area (Å²) in [6.07, 6.45) is 4.82. The summed E-state index contributed by atoms with van der Waals surface area (Å²) in [4.78, 5) is 27.9. The summed E-state index contributed by atoms with van der Waals surface area (Å²) in [5.41, 5.74) is 3.36. The highest BCUT2D eigenvalue weighted by Crippen LogP contribution is 2.36. The minimum absolute atomic E-state index is 0.134. The predicted octanol–water partition coefficient (Wildman–Crippen LogP) is 3.37. The van der Waals surface area contributed by atoms with Crippen LogP contribution in [-0.2, 0) is 17.9 Å². The molecule has 29 heavy (non-hydrogen) atoms. The number of aromatic amines is 1. The van der Waals surface area contributed by atoms with Crippen LogP contribution >= 0.6 is 0 Å². The molecule has 2 aromatic heterocycles. The lowest BCUT2D eigenvalue weighted by molar-refractivity contribution is 0.146. The number of anilines is 2. The molecule has 1 aromatic carbocycles. The number of fused-ring (bicyclic) bond motifs is 1. The third-order valence-corrected chi connectivity index (χ3v) is 4.73. The van der Waals surface area contributed by atoms with Crippen LogP contribution in [0.1, 0.15) is 18.3 Å². The lowest BCUT2D eigenvalue weighted by Crippen LogP contribution is -2.34. The van der Waals surface area contributed by atoms with Gasteiger partial charge in [0.05, 0.1) is 36.5 Å². The highest BCUT2D eigenvalue weighted by atomic mass is 16.6. The fraction of sp³-hybridized carbons (Fsp3) is 0.286. The maximum Gasteiger partial charge on any atom is 0.414 e. The Kier molecular flexibility index (Phi) is 5.60. The van der Waals surface area contributed by atoms with Crippen molar-refractivity contribution in [3.8, 4) is 5.75 Å². The summed E-state index contributed by atoms with van der Waals surface area (Å²) in [6.45, 7) is 4.56. The SMILES string of the molecule is CCN(C(=O)OCc1ccccn1)c1ccc2c(c1)N(Cc1c[nH]cn1)CCO2. The van der Waals surface area contributed by atoms with Gasteiger partial charge in [0.25, 0.3) is 0 Å². The number of nitrogens with one attached hydrogen (secondary N) is 1. The molecule has 0 aliphatic carbocycles. The smallest absolute Gasteiger partial charge is 0.414 e. The molecule has 0 saturated heterocycles. The maximum absolute atomic E-state index is 12.7. The zero-order valence-electron chi connectivity index (χ0n) is 16.2. The molecular formula is C21H23N5O3. The van der Waals surface area contributed by atoms with Gasteiger partial charge in [-0.15, -0.1) is 0 Å². The van der Waals surface area contributed by atoms with E-state index < -0.39 is 6.09 Å². The first-order chi connectivity index (χ1) is 14.2. The van der Waals surface area contributed by atoms with Gasteiger partial charge in [0.15, 0.2) is 0 Å². The number of carbonyl (C=O) groups is 1. The van der Waals surface area contributed by atoms with Crippen molar-refractivity contribution in [3.05, 3.63) is 66.5 Å². The van der Waals surface area contributed by atoms with Gasteiger partial charge in [0.1, 0.15) is 19.0 Å². The van der Waals surface area contributed by atoms with Crippen LogP contribution in [0.3, 0.4) is 0 Å². The summed E-state index contributed by atoms with van der Waals surface area (Å²) in [6, 6.07) is 11.3. The number of ether oxygens (including phenoxy) is 2. The van der Waals surface area contributed by atoms with Gasteiger partial charge in [-0.3, -0.25) is 9.88 Å². The van der Waals surface area contributed by atoms with Crippen molar-refractivity contribution in [3.63, 3.8) is 0 Å². The van der Waals surface area contributed by atoms with E-state index in [1.165, 1.54) is 0 Å². The van der Waals surface area contributed by atoms with Crippen molar-refractivity contribution in [2.45, 2.75) is 20.1 Å². The third-order valence-electron chi connectivity index (χ3n) is 4.73. The van der Waals surface area contributed by atoms with Crippen LogP contribution in [0.2, 0.25) is 0 Å². The van der Waals surface area contributed by atoms with Gasteiger partial charge in [-0.1, -0.05) is 6.07 Å². The van der Waals surface area contributed by atoms with Gasteiger partial charge in [0.2, 0.25) is 0 Å². The van der Waals surface area contributed by atoms with Gasteiger partial charge in [-0.2, -0.15) is 0 Å². The van der Waals surface area contributed by atoms with Gasteiger partial charge in [-0.05, 0) is 37.3 Å². The summed E-state index contributed by atoms with van der Waals surface area (Å²) >= 11 is 0. The van der Waals surface area contributed by atoms with Crippen LogP contribution < -0.4 is 14.5 Å². The number of rotatable bonds is 6. The second-order valence-corrected chi connectivity index (χ2v) is 6.60. The van der Waals surface area contributed by atoms with Crippen LogP contribution in [-0.4, -0.2) is 40.7 Å². The number of H-pyrrole nitrogens is 1. The number of amides is 1. The number of imidazole rings is 1. The molecule has 3 aromatic rings. The third kappa shape index (κ3) is 4.31.